The first-order valence-corrected chi connectivity index (χ1v) is 8.27. The lowest BCUT2D eigenvalue weighted by molar-refractivity contribution is 0.304. The Balaban J connectivity index is 1.81. The zero-order chi connectivity index (χ0) is 16.4. The van der Waals surface area contributed by atoms with Crippen LogP contribution in [0.1, 0.15) is 5.56 Å². The number of ether oxygens (including phenoxy) is 1. The van der Waals surface area contributed by atoms with Crippen molar-refractivity contribution in [3.05, 3.63) is 55.4 Å². The minimum atomic E-state index is 0.302. The molecule has 3 aromatic rings. The molecular formula is C14H8BrCl3N4O. The Morgan fingerprint density at radius 1 is 1.04 bits per heavy atom. The van der Waals surface area contributed by atoms with Crippen molar-refractivity contribution < 1.29 is 4.74 Å². The van der Waals surface area contributed by atoms with Crippen LogP contribution in [-0.4, -0.2) is 20.6 Å². The third-order valence-corrected chi connectivity index (χ3v) is 4.58. The fourth-order valence-electron chi connectivity index (χ4n) is 1.90. The molecule has 0 aliphatic heterocycles. The molecule has 5 nitrogen and oxygen atoms in total. The summed E-state index contributed by atoms with van der Waals surface area (Å²) in [6.07, 6.45) is 0. The number of aromatic nitrogens is 4. The second kappa shape index (κ2) is 7.05. The Labute approximate surface area is 155 Å². The van der Waals surface area contributed by atoms with E-state index in [-0.39, 0.29) is 0 Å². The number of aromatic amines is 1. The molecule has 0 radical (unpaired) electrons. The summed E-state index contributed by atoms with van der Waals surface area (Å²) >= 11 is 21.6. The molecule has 0 aliphatic rings. The predicted octanol–water partition coefficient (Wildman–Crippen LogP) is 5.17. The van der Waals surface area contributed by atoms with Gasteiger partial charge in [-0.1, -0.05) is 40.9 Å². The number of nitrogens with one attached hydrogen (secondary N) is 1. The molecule has 0 bridgehead atoms. The van der Waals surface area contributed by atoms with Crippen molar-refractivity contribution in [2.45, 2.75) is 6.61 Å². The van der Waals surface area contributed by atoms with Crippen molar-refractivity contribution in [2.75, 3.05) is 0 Å². The lowest BCUT2D eigenvalue weighted by Crippen LogP contribution is -1.97. The van der Waals surface area contributed by atoms with E-state index in [2.05, 4.69) is 36.6 Å². The SMILES string of the molecule is Clc1ccc(COc2c(Cl)cc(-c3nn[nH]n3)cc2Br)cc1Cl. The molecule has 0 fully saturated rings. The van der Waals surface area contributed by atoms with Gasteiger partial charge in [0.25, 0.3) is 0 Å². The summed E-state index contributed by atoms with van der Waals surface area (Å²) in [5, 5.41) is 15.2. The molecule has 0 saturated heterocycles. The van der Waals surface area contributed by atoms with Gasteiger partial charge in [-0.2, -0.15) is 5.21 Å². The lowest BCUT2D eigenvalue weighted by atomic mass is 10.2. The van der Waals surface area contributed by atoms with E-state index in [0.717, 1.165) is 11.1 Å². The van der Waals surface area contributed by atoms with Crippen molar-refractivity contribution >= 4 is 50.7 Å². The Bertz CT molecular complexity index is 819. The van der Waals surface area contributed by atoms with Gasteiger partial charge in [0.2, 0.25) is 5.82 Å². The first-order chi connectivity index (χ1) is 11.0. The van der Waals surface area contributed by atoms with Crippen molar-refractivity contribution in [3.63, 3.8) is 0 Å². The van der Waals surface area contributed by atoms with Crippen LogP contribution in [0.3, 0.4) is 0 Å². The Morgan fingerprint density at radius 3 is 2.52 bits per heavy atom. The molecule has 118 valence electrons. The van der Waals surface area contributed by atoms with Crippen LogP contribution < -0.4 is 4.74 Å². The van der Waals surface area contributed by atoms with Crippen molar-refractivity contribution in [3.8, 4) is 17.1 Å². The van der Waals surface area contributed by atoms with Crippen LogP contribution >= 0.6 is 50.7 Å². The summed E-state index contributed by atoms with van der Waals surface area (Å²) < 4.78 is 6.46. The van der Waals surface area contributed by atoms with E-state index in [1.807, 2.05) is 6.07 Å². The van der Waals surface area contributed by atoms with Crippen LogP contribution in [0.5, 0.6) is 5.75 Å². The first-order valence-electron chi connectivity index (χ1n) is 6.34. The fraction of sp³-hybridized carbons (Fsp3) is 0.0714. The Kier molecular flexibility index (Phi) is 5.06. The van der Waals surface area contributed by atoms with Gasteiger partial charge >= 0.3 is 0 Å². The van der Waals surface area contributed by atoms with Gasteiger partial charge in [0, 0.05) is 5.56 Å². The molecule has 0 spiro atoms. The lowest BCUT2D eigenvalue weighted by Gasteiger charge is -2.11. The molecule has 1 heterocycles. The topological polar surface area (TPSA) is 63.7 Å². The highest BCUT2D eigenvalue weighted by molar-refractivity contribution is 9.10. The van der Waals surface area contributed by atoms with Crippen molar-refractivity contribution in [2.24, 2.45) is 0 Å². The second-order valence-corrected chi connectivity index (χ2v) is 6.62. The number of halogens is 4. The molecule has 2 aromatic carbocycles. The highest BCUT2D eigenvalue weighted by Crippen LogP contribution is 2.37. The molecule has 0 atom stereocenters. The maximum absolute atomic E-state index is 6.29. The number of rotatable bonds is 4. The van der Waals surface area contributed by atoms with E-state index in [4.69, 9.17) is 39.5 Å². The molecule has 1 N–H and O–H groups in total. The van der Waals surface area contributed by atoms with Crippen LogP contribution in [0.25, 0.3) is 11.4 Å². The van der Waals surface area contributed by atoms with E-state index in [0.29, 0.717) is 37.7 Å². The number of nitrogens with zero attached hydrogens (tertiary/aromatic N) is 3. The maximum atomic E-state index is 6.29. The van der Waals surface area contributed by atoms with E-state index < -0.39 is 0 Å². The zero-order valence-corrected chi connectivity index (χ0v) is 15.2. The summed E-state index contributed by atoms with van der Waals surface area (Å²) in [5.74, 6) is 0.966. The van der Waals surface area contributed by atoms with Crippen LogP contribution in [0.4, 0.5) is 0 Å². The second-order valence-electron chi connectivity index (χ2n) is 4.54. The number of benzene rings is 2. The molecule has 0 aliphatic carbocycles. The van der Waals surface area contributed by atoms with E-state index >= 15 is 0 Å². The number of hydrogen-bond donors (Lipinski definition) is 1. The standard InChI is InChI=1S/C14H8BrCl3N4O/c15-9-4-8(14-19-21-22-20-14)5-12(18)13(9)23-6-7-1-2-10(16)11(17)3-7/h1-5H,6H2,(H,19,20,21,22). The molecular weight excluding hydrogens is 426 g/mol. The average Bonchev–Trinajstić information content (AvgIpc) is 3.04. The summed E-state index contributed by atoms with van der Waals surface area (Å²) in [5.41, 5.74) is 1.60. The average molecular weight is 435 g/mol. The molecule has 3 rings (SSSR count). The fourth-order valence-corrected chi connectivity index (χ4v) is 3.18. The molecule has 0 amide bonds. The molecule has 1 aromatic heterocycles. The summed E-state index contributed by atoms with van der Waals surface area (Å²) in [6, 6.07) is 8.82. The smallest absolute Gasteiger partial charge is 0.204 e. The summed E-state index contributed by atoms with van der Waals surface area (Å²) in [6.45, 7) is 0.302. The van der Waals surface area contributed by atoms with Crippen molar-refractivity contribution in [1.29, 1.82) is 0 Å². The van der Waals surface area contributed by atoms with Gasteiger partial charge in [0.1, 0.15) is 6.61 Å². The number of H-pyrrole nitrogens is 1. The summed E-state index contributed by atoms with van der Waals surface area (Å²) in [4.78, 5) is 0. The molecule has 9 heteroatoms. The zero-order valence-electron chi connectivity index (χ0n) is 11.4. The number of hydrogen-bond acceptors (Lipinski definition) is 4. The van der Waals surface area contributed by atoms with E-state index in [1.165, 1.54) is 0 Å². The minimum absolute atomic E-state index is 0.302. The van der Waals surface area contributed by atoms with Gasteiger partial charge in [-0.25, -0.2) is 0 Å². The van der Waals surface area contributed by atoms with Gasteiger partial charge < -0.3 is 4.74 Å². The maximum Gasteiger partial charge on any atom is 0.204 e. The molecule has 23 heavy (non-hydrogen) atoms. The normalized spacial score (nSPS) is 10.8. The van der Waals surface area contributed by atoms with Crippen LogP contribution in [0.2, 0.25) is 15.1 Å². The molecule has 0 saturated carbocycles. The largest absolute Gasteiger partial charge is 0.486 e. The van der Waals surface area contributed by atoms with Crippen LogP contribution in [0, 0.1) is 0 Å². The first kappa shape index (κ1) is 16.5. The van der Waals surface area contributed by atoms with Crippen LogP contribution in [-0.2, 0) is 6.61 Å². The predicted molar refractivity (Wildman–Crippen MR) is 93.1 cm³/mol. The number of tetrazole rings is 1. The van der Waals surface area contributed by atoms with Gasteiger partial charge in [-0.05, 0) is 51.0 Å². The monoisotopic (exact) mass is 432 g/mol. The van der Waals surface area contributed by atoms with Gasteiger partial charge in [-0.15, -0.1) is 10.2 Å². The highest BCUT2D eigenvalue weighted by atomic mass is 79.9. The third kappa shape index (κ3) is 3.77. The van der Waals surface area contributed by atoms with Crippen LogP contribution in [0.15, 0.2) is 34.8 Å². The quantitative estimate of drug-likeness (QED) is 0.615. The van der Waals surface area contributed by atoms with E-state index in [9.17, 15) is 0 Å². The van der Waals surface area contributed by atoms with Gasteiger partial charge in [0.05, 0.1) is 19.5 Å². The summed E-state index contributed by atoms with van der Waals surface area (Å²) in [7, 11) is 0. The van der Waals surface area contributed by atoms with Gasteiger partial charge in [0.15, 0.2) is 5.75 Å². The highest BCUT2D eigenvalue weighted by Gasteiger charge is 2.13. The van der Waals surface area contributed by atoms with Crippen molar-refractivity contribution in [1.82, 2.24) is 20.6 Å². The molecule has 0 unspecified atom stereocenters. The third-order valence-electron chi connectivity index (χ3n) is 2.97. The Hall–Kier alpha value is -1.34. The minimum Gasteiger partial charge on any atom is -0.486 e. The van der Waals surface area contributed by atoms with E-state index in [1.54, 1.807) is 24.3 Å². The van der Waals surface area contributed by atoms with Gasteiger partial charge in [-0.3, -0.25) is 0 Å². The Morgan fingerprint density at radius 2 is 1.87 bits per heavy atom.